The summed E-state index contributed by atoms with van der Waals surface area (Å²) in [6, 6.07) is 1.47. The van der Waals surface area contributed by atoms with E-state index in [4.69, 9.17) is 0 Å². The van der Waals surface area contributed by atoms with Gasteiger partial charge in [0.2, 0.25) is 5.91 Å². The van der Waals surface area contributed by atoms with Gasteiger partial charge in [0.05, 0.1) is 6.04 Å². The summed E-state index contributed by atoms with van der Waals surface area (Å²) < 4.78 is 25.7. The molecule has 1 atom stereocenters. The Morgan fingerprint density at radius 1 is 1.38 bits per heavy atom. The number of aromatic nitrogens is 2. The summed E-state index contributed by atoms with van der Waals surface area (Å²) in [4.78, 5) is 14.7. The lowest BCUT2D eigenvalue weighted by Crippen LogP contribution is -2.44. The highest BCUT2D eigenvalue weighted by Crippen LogP contribution is 2.37. The van der Waals surface area contributed by atoms with Crippen molar-refractivity contribution < 1.29 is 13.6 Å². The van der Waals surface area contributed by atoms with Gasteiger partial charge in [-0.05, 0) is 44.7 Å². The van der Waals surface area contributed by atoms with Crippen LogP contribution in [0, 0.1) is 5.92 Å². The molecule has 1 saturated carbocycles. The predicted octanol–water partition coefficient (Wildman–Crippen LogP) is 1.96. The van der Waals surface area contributed by atoms with E-state index >= 15 is 0 Å². The van der Waals surface area contributed by atoms with Crippen LogP contribution in [-0.4, -0.2) is 46.1 Å². The van der Waals surface area contributed by atoms with Gasteiger partial charge in [-0.2, -0.15) is 5.10 Å². The van der Waals surface area contributed by atoms with Crippen molar-refractivity contribution in [3.63, 3.8) is 0 Å². The van der Waals surface area contributed by atoms with E-state index in [-0.39, 0.29) is 11.9 Å². The standard InChI is InChI=1S/C14H20F2N4O/c15-11(16)9-20-8-5-12(18-20)17-14(21)13(10-3-4-10)19-6-1-2-7-19/h5,8,10-11,13H,1-4,6-7,9H2,(H,17,18,21). The number of rotatable bonds is 6. The molecule has 0 aromatic carbocycles. The molecule has 1 aliphatic carbocycles. The monoisotopic (exact) mass is 298 g/mol. The maximum absolute atomic E-state index is 12.5. The third kappa shape index (κ3) is 3.58. The zero-order chi connectivity index (χ0) is 14.8. The van der Waals surface area contributed by atoms with Crippen molar-refractivity contribution in [3.8, 4) is 0 Å². The van der Waals surface area contributed by atoms with E-state index in [2.05, 4.69) is 15.3 Å². The summed E-state index contributed by atoms with van der Waals surface area (Å²) in [7, 11) is 0. The molecule has 21 heavy (non-hydrogen) atoms. The van der Waals surface area contributed by atoms with E-state index in [1.807, 2.05) is 0 Å². The fourth-order valence-corrected chi connectivity index (χ4v) is 2.98. The number of carbonyl (C=O) groups excluding carboxylic acids is 1. The van der Waals surface area contributed by atoms with Gasteiger partial charge in [0.25, 0.3) is 6.43 Å². The van der Waals surface area contributed by atoms with Crippen LogP contribution in [-0.2, 0) is 11.3 Å². The van der Waals surface area contributed by atoms with Gasteiger partial charge >= 0.3 is 0 Å². The fraction of sp³-hybridized carbons (Fsp3) is 0.714. The van der Waals surface area contributed by atoms with Crippen molar-refractivity contribution in [2.45, 2.75) is 44.7 Å². The van der Waals surface area contributed by atoms with Crippen LogP contribution in [0.5, 0.6) is 0 Å². The van der Waals surface area contributed by atoms with Crippen LogP contribution in [0.1, 0.15) is 25.7 Å². The number of nitrogens with one attached hydrogen (secondary N) is 1. The highest BCUT2D eigenvalue weighted by atomic mass is 19.3. The average molecular weight is 298 g/mol. The van der Waals surface area contributed by atoms with E-state index in [0.717, 1.165) is 43.5 Å². The second-order valence-electron chi connectivity index (χ2n) is 5.83. The van der Waals surface area contributed by atoms with Gasteiger partial charge in [-0.3, -0.25) is 14.4 Å². The minimum absolute atomic E-state index is 0.0540. The molecule has 0 radical (unpaired) electrons. The molecule has 1 amide bonds. The molecule has 1 aliphatic heterocycles. The fourth-order valence-electron chi connectivity index (χ4n) is 2.98. The SMILES string of the molecule is O=C(Nc1ccn(CC(F)F)n1)C(C1CC1)N1CCCC1. The van der Waals surface area contributed by atoms with Crippen molar-refractivity contribution in [3.05, 3.63) is 12.3 Å². The highest BCUT2D eigenvalue weighted by molar-refractivity contribution is 5.94. The third-order valence-corrected chi connectivity index (χ3v) is 4.09. The van der Waals surface area contributed by atoms with Gasteiger partial charge in [-0.1, -0.05) is 0 Å². The predicted molar refractivity (Wildman–Crippen MR) is 74.2 cm³/mol. The second kappa shape index (κ2) is 6.09. The number of likely N-dealkylation sites (tertiary alicyclic amines) is 1. The van der Waals surface area contributed by atoms with Gasteiger partial charge in [-0.25, -0.2) is 8.78 Å². The second-order valence-corrected chi connectivity index (χ2v) is 5.83. The van der Waals surface area contributed by atoms with Gasteiger partial charge in [0, 0.05) is 12.3 Å². The van der Waals surface area contributed by atoms with E-state index < -0.39 is 13.0 Å². The summed E-state index contributed by atoms with van der Waals surface area (Å²) in [6.45, 7) is 1.48. The van der Waals surface area contributed by atoms with Crippen molar-refractivity contribution in [1.29, 1.82) is 0 Å². The van der Waals surface area contributed by atoms with Crippen molar-refractivity contribution >= 4 is 11.7 Å². The minimum atomic E-state index is -2.45. The van der Waals surface area contributed by atoms with Gasteiger partial charge in [-0.15, -0.1) is 0 Å². The van der Waals surface area contributed by atoms with E-state index in [9.17, 15) is 13.6 Å². The van der Waals surface area contributed by atoms with Crippen molar-refractivity contribution in [1.82, 2.24) is 14.7 Å². The first-order valence-electron chi connectivity index (χ1n) is 7.50. The normalized spacial score (nSPS) is 20.9. The lowest BCUT2D eigenvalue weighted by molar-refractivity contribution is -0.121. The van der Waals surface area contributed by atoms with Gasteiger partial charge < -0.3 is 5.32 Å². The molecule has 0 bridgehead atoms. The molecule has 1 aromatic rings. The Hall–Kier alpha value is -1.50. The Morgan fingerprint density at radius 2 is 2.10 bits per heavy atom. The minimum Gasteiger partial charge on any atom is -0.308 e. The van der Waals surface area contributed by atoms with Crippen LogP contribution < -0.4 is 5.32 Å². The van der Waals surface area contributed by atoms with E-state index in [1.165, 1.54) is 6.20 Å². The molecule has 1 unspecified atom stereocenters. The molecule has 1 saturated heterocycles. The molecule has 2 heterocycles. The topological polar surface area (TPSA) is 50.2 Å². The first-order chi connectivity index (χ1) is 10.1. The van der Waals surface area contributed by atoms with Crippen LogP contribution in [0.25, 0.3) is 0 Å². The zero-order valence-corrected chi connectivity index (χ0v) is 11.8. The summed E-state index contributed by atoms with van der Waals surface area (Å²) in [5, 5.41) is 6.74. The van der Waals surface area contributed by atoms with Crippen LogP contribution in [0.15, 0.2) is 12.3 Å². The molecule has 2 aliphatic rings. The molecule has 5 nitrogen and oxygen atoms in total. The smallest absolute Gasteiger partial charge is 0.257 e. The van der Waals surface area contributed by atoms with E-state index in [1.54, 1.807) is 6.07 Å². The number of carbonyl (C=O) groups is 1. The molecule has 116 valence electrons. The third-order valence-electron chi connectivity index (χ3n) is 4.09. The summed E-state index contributed by atoms with van der Waals surface area (Å²) in [6.07, 6.45) is 3.48. The first kappa shape index (κ1) is 14.4. The Morgan fingerprint density at radius 3 is 2.71 bits per heavy atom. The quantitative estimate of drug-likeness (QED) is 0.873. The summed E-state index contributed by atoms with van der Waals surface area (Å²) >= 11 is 0. The Kier molecular flexibility index (Phi) is 4.19. The molecular weight excluding hydrogens is 278 g/mol. The number of anilines is 1. The number of hydrogen-bond donors (Lipinski definition) is 1. The maximum Gasteiger partial charge on any atom is 0.257 e. The van der Waals surface area contributed by atoms with Crippen LogP contribution in [0.4, 0.5) is 14.6 Å². The summed E-state index contributed by atoms with van der Waals surface area (Å²) in [5.41, 5.74) is 0. The van der Waals surface area contributed by atoms with Crippen LogP contribution in [0.3, 0.4) is 0 Å². The average Bonchev–Trinajstić information content (AvgIpc) is 2.92. The van der Waals surface area contributed by atoms with Crippen molar-refractivity contribution in [2.75, 3.05) is 18.4 Å². The number of alkyl halides is 2. The first-order valence-corrected chi connectivity index (χ1v) is 7.50. The lowest BCUT2D eigenvalue weighted by atomic mass is 10.1. The molecule has 1 N–H and O–H groups in total. The Balaban J connectivity index is 1.62. The number of halogens is 2. The number of nitrogens with zero attached hydrogens (tertiary/aromatic N) is 3. The molecule has 1 aromatic heterocycles. The molecule has 0 spiro atoms. The van der Waals surface area contributed by atoms with E-state index in [0.29, 0.717) is 11.7 Å². The number of amides is 1. The van der Waals surface area contributed by atoms with Crippen molar-refractivity contribution in [2.24, 2.45) is 5.92 Å². The molecule has 3 rings (SSSR count). The Bertz CT molecular complexity index is 495. The highest BCUT2D eigenvalue weighted by Gasteiger charge is 2.41. The zero-order valence-electron chi connectivity index (χ0n) is 11.8. The molecule has 2 fully saturated rings. The molecular formula is C14H20F2N4O. The summed E-state index contributed by atoms with van der Waals surface area (Å²) in [5.74, 6) is 0.735. The molecule has 7 heteroatoms. The van der Waals surface area contributed by atoms with Crippen LogP contribution in [0.2, 0.25) is 0 Å². The maximum atomic E-state index is 12.5. The van der Waals surface area contributed by atoms with Crippen LogP contribution >= 0.6 is 0 Å². The Labute approximate surface area is 122 Å². The number of hydrogen-bond acceptors (Lipinski definition) is 3. The van der Waals surface area contributed by atoms with Gasteiger partial charge in [0.15, 0.2) is 5.82 Å². The lowest BCUT2D eigenvalue weighted by Gasteiger charge is -2.25. The largest absolute Gasteiger partial charge is 0.308 e. The van der Waals surface area contributed by atoms with Gasteiger partial charge in [0.1, 0.15) is 6.54 Å².